The van der Waals surface area contributed by atoms with Gasteiger partial charge in [-0.25, -0.2) is 4.57 Å². The summed E-state index contributed by atoms with van der Waals surface area (Å²) in [5.74, 6) is -0.419. The molecule has 0 spiro atoms. The molecule has 35 heavy (non-hydrogen) atoms. The second-order valence-electron chi connectivity index (χ2n) is 9.23. The van der Waals surface area contributed by atoms with E-state index in [4.69, 9.17) is 14.0 Å². The van der Waals surface area contributed by atoms with Crippen LogP contribution in [-0.4, -0.2) is 107 Å². The number of likely N-dealkylation sites (tertiary alicyclic amines) is 1. The highest BCUT2D eigenvalue weighted by molar-refractivity contribution is 7.47. The van der Waals surface area contributed by atoms with Crippen LogP contribution >= 0.6 is 7.82 Å². The number of amides is 2. The van der Waals surface area contributed by atoms with Crippen LogP contribution in [0.5, 0.6) is 0 Å². The third-order valence-corrected chi connectivity index (χ3v) is 7.25. The van der Waals surface area contributed by atoms with Crippen molar-refractivity contribution in [1.29, 1.82) is 0 Å². The SMILES string of the molecule is COP(=O)(O)O[C@@H]1C[C@@H](C(C)C)N(C(=O)CCCCO[C@@H]2O[C@H](CO)[C@H](O)[C@H](O)[C@H]2NC(C)=O)C1. The molecule has 0 aromatic rings. The number of phosphoric ester groups is 1. The normalized spacial score (nSPS) is 33.1. The Kier molecular flexibility index (Phi) is 11.5. The van der Waals surface area contributed by atoms with Crippen molar-refractivity contribution in [3.8, 4) is 0 Å². The largest absolute Gasteiger partial charge is 0.472 e. The highest BCUT2D eigenvalue weighted by Gasteiger charge is 2.45. The van der Waals surface area contributed by atoms with Crippen molar-refractivity contribution in [3.63, 3.8) is 0 Å². The van der Waals surface area contributed by atoms with Crippen LogP contribution in [-0.2, 0) is 32.7 Å². The first-order chi connectivity index (χ1) is 16.4. The van der Waals surface area contributed by atoms with Gasteiger partial charge in [0, 0.05) is 39.6 Å². The third kappa shape index (κ3) is 8.44. The van der Waals surface area contributed by atoms with Crippen LogP contribution in [0.25, 0.3) is 0 Å². The van der Waals surface area contributed by atoms with Gasteiger partial charge in [-0.3, -0.25) is 18.6 Å². The van der Waals surface area contributed by atoms with Gasteiger partial charge in [0.1, 0.15) is 24.4 Å². The summed E-state index contributed by atoms with van der Waals surface area (Å²) in [6, 6.07) is -1.15. The maximum Gasteiger partial charge on any atom is 0.472 e. The molecule has 0 radical (unpaired) electrons. The Morgan fingerprint density at radius 2 is 1.91 bits per heavy atom. The van der Waals surface area contributed by atoms with Gasteiger partial charge in [0.2, 0.25) is 11.8 Å². The molecule has 2 aliphatic heterocycles. The lowest BCUT2D eigenvalue weighted by molar-refractivity contribution is -0.270. The van der Waals surface area contributed by atoms with Gasteiger partial charge in [0.05, 0.1) is 12.7 Å². The van der Waals surface area contributed by atoms with Crippen LogP contribution in [0.15, 0.2) is 0 Å². The minimum Gasteiger partial charge on any atom is -0.394 e. The van der Waals surface area contributed by atoms with E-state index in [1.807, 2.05) is 13.8 Å². The molecule has 0 bridgehead atoms. The second kappa shape index (κ2) is 13.4. The summed E-state index contributed by atoms with van der Waals surface area (Å²) in [5, 5.41) is 32.2. The fourth-order valence-electron chi connectivity index (χ4n) is 4.39. The van der Waals surface area contributed by atoms with E-state index in [9.17, 15) is 34.4 Å². The van der Waals surface area contributed by atoms with Crippen molar-refractivity contribution in [2.24, 2.45) is 5.92 Å². The van der Waals surface area contributed by atoms with Crippen molar-refractivity contribution in [2.45, 2.75) is 89.2 Å². The van der Waals surface area contributed by atoms with Crippen molar-refractivity contribution in [1.82, 2.24) is 10.2 Å². The standard InChI is InChI=1S/C21H39N2O11P/c1-12(2)15-9-14(34-35(29,30)31-4)10-23(15)17(26)7-5-6-8-32-21-18(22-13(3)25)20(28)19(27)16(11-24)33-21/h12,14-16,18-21,24,27-28H,5-11H2,1-4H3,(H,22,25)(H,29,30)/t14-,15+,16-,18-,19+,20-,21-/m1/s1. The number of carbonyl (C=O) groups is 2. The van der Waals surface area contributed by atoms with Gasteiger partial charge in [-0.15, -0.1) is 0 Å². The summed E-state index contributed by atoms with van der Waals surface area (Å²) in [6.45, 7) is 5.01. The molecule has 2 heterocycles. The number of unbranched alkanes of at least 4 members (excludes halogenated alkanes) is 1. The van der Waals surface area contributed by atoms with Crippen molar-refractivity contribution < 1.29 is 52.9 Å². The molecule has 2 amide bonds. The number of hydrogen-bond acceptors (Lipinski definition) is 10. The molecule has 2 aliphatic rings. The summed E-state index contributed by atoms with van der Waals surface area (Å²) in [7, 11) is -3.06. The zero-order chi connectivity index (χ0) is 26.3. The number of carbonyl (C=O) groups excluding carboxylic acids is 2. The fourth-order valence-corrected chi connectivity index (χ4v) is 5.00. The molecule has 13 nitrogen and oxygen atoms in total. The van der Waals surface area contributed by atoms with Gasteiger partial charge in [-0.1, -0.05) is 13.8 Å². The number of aliphatic hydroxyl groups excluding tert-OH is 3. The molecule has 14 heteroatoms. The number of nitrogens with zero attached hydrogens (tertiary/aromatic N) is 1. The summed E-state index contributed by atoms with van der Waals surface area (Å²) < 4.78 is 32.6. The van der Waals surface area contributed by atoms with E-state index >= 15 is 0 Å². The number of nitrogens with one attached hydrogen (secondary N) is 1. The zero-order valence-corrected chi connectivity index (χ0v) is 21.5. The quantitative estimate of drug-likeness (QED) is 0.163. The topological polar surface area (TPSA) is 184 Å². The van der Waals surface area contributed by atoms with Gasteiger partial charge in [0.25, 0.3) is 0 Å². The Bertz CT molecular complexity index is 755. The molecule has 5 N–H and O–H groups in total. The average Bonchev–Trinajstić information content (AvgIpc) is 3.21. The Morgan fingerprint density at radius 1 is 1.23 bits per heavy atom. The average molecular weight is 527 g/mol. The first-order valence-corrected chi connectivity index (χ1v) is 13.3. The highest BCUT2D eigenvalue weighted by atomic mass is 31.2. The first-order valence-electron chi connectivity index (χ1n) is 11.8. The summed E-state index contributed by atoms with van der Waals surface area (Å²) in [5.41, 5.74) is 0. The molecular weight excluding hydrogens is 487 g/mol. The lowest BCUT2D eigenvalue weighted by Crippen LogP contribution is -2.64. The Hall–Kier alpha value is -1.15. The van der Waals surface area contributed by atoms with Crippen LogP contribution in [0.4, 0.5) is 0 Å². The van der Waals surface area contributed by atoms with E-state index < -0.39 is 57.1 Å². The lowest BCUT2D eigenvalue weighted by Gasteiger charge is -2.42. The third-order valence-electron chi connectivity index (χ3n) is 6.23. The van der Waals surface area contributed by atoms with Gasteiger partial charge in [-0.2, -0.15) is 0 Å². The summed E-state index contributed by atoms with van der Waals surface area (Å²) in [6.07, 6.45) is -3.91. The molecule has 2 fully saturated rings. The smallest absolute Gasteiger partial charge is 0.394 e. The lowest BCUT2D eigenvalue weighted by atomic mass is 9.97. The number of aliphatic hydroxyl groups is 3. The predicted octanol–water partition coefficient (Wildman–Crippen LogP) is -0.494. The van der Waals surface area contributed by atoms with Crippen LogP contribution in [0.1, 0.15) is 46.5 Å². The van der Waals surface area contributed by atoms with E-state index in [0.29, 0.717) is 19.3 Å². The van der Waals surface area contributed by atoms with Crippen LogP contribution in [0.3, 0.4) is 0 Å². The van der Waals surface area contributed by atoms with E-state index in [1.165, 1.54) is 6.92 Å². The molecule has 8 atom stereocenters. The van der Waals surface area contributed by atoms with Gasteiger partial charge in [0.15, 0.2) is 6.29 Å². The molecular formula is C21H39N2O11P. The number of ether oxygens (including phenoxy) is 2. The van der Waals surface area contributed by atoms with Gasteiger partial charge in [-0.05, 0) is 25.2 Å². The van der Waals surface area contributed by atoms with Crippen LogP contribution < -0.4 is 5.32 Å². The minimum atomic E-state index is -4.15. The van der Waals surface area contributed by atoms with Crippen LogP contribution in [0, 0.1) is 5.92 Å². The highest BCUT2D eigenvalue weighted by Crippen LogP contribution is 2.46. The Balaban J connectivity index is 1.84. The van der Waals surface area contributed by atoms with E-state index in [-0.39, 0.29) is 37.4 Å². The molecule has 2 saturated heterocycles. The van der Waals surface area contributed by atoms with Crippen molar-refractivity contribution in [2.75, 3.05) is 26.9 Å². The first kappa shape index (κ1) is 30.1. The van der Waals surface area contributed by atoms with Gasteiger partial charge >= 0.3 is 7.82 Å². The minimum absolute atomic E-state index is 0.107. The fraction of sp³-hybridized carbons (Fsp3) is 0.905. The van der Waals surface area contributed by atoms with Crippen molar-refractivity contribution >= 4 is 19.6 Å². The predicted molar refractivity (Wildman–Crippen MR) is 122 cm³/mol. The molecule has 0 aliphatic carbocycles. The maximum absolute atomic E-state index is 12.8. The molecule has 0 aromatic heterocycles. The Morgan fingerprint density at radius 3 is 2.49 bits per heavy atom. The number of hydrogen-bond donors (Lipinski definition) is 5. The molecule has 0 saturated carbocycles. The monoisotopic (exact) mass is 526 g/mol. The van der Waals surface area contributed by atoms with E-state index in [1.54, 1.807) is 4.90 Å². The second-order valence-corrected chi connectivity index (χ2v) is 10.7. The molecule has 2 rings (SSSR count). The Labute approximate surface area is 205 Å². The number of rotatable bonds is 12. The van der Waals surface area contributed by atoms with E-state index in [2.05, 4.69) is 9.84 Å². The zero-order valence-electron chi connectivity index (χ0n) is 20.6. The van der Waals surface area contributed by atoms with Crippen molar-refractivity contribution in [3.05, 3.63) is 0 Å². The molecule has 1 unspecified atom stereocenters. The molecule has 204 valence electrons. The number of phosphoric acid groups is 1. The maximum atomic E-state index is 12.8. The van der Waals surface area contributed by atoms with Crippen LogP contribution in [0.2, 0.25) is 0 Å². The van der Waals surface area contributed by atoms with E-state index in [0.717, 1.165) is 7.11 Å². The summed E-state index contributed by atoms with van der Waals surface area (Å²) in [4.78, 5) is 35.6. The summed E-state index contributed by atoms with van der Waals surface area (Å²) >= 11 is 0. The van der Waals surface area contributed by atoms with Gasteiger partial charge < -0.3 is 39.9 Å². The molecule has 0 aromatic carbocycles.